The van der Waals surface area contributed by atoms with Gasteiger partial charge in [-0.1, -0.05) is 29.9 Å². The van der Waals surface area contributed by atoms with Crippen molar-refractivity contribution < 1.29 is 4.79 Å². The van der Waals surface area contributed by atoms with Crippen LogP contribution in [0.4, 0.5) is 0 Å². The molecular weight excluding hydrogens is 182 g/mol. The number of rotatable bonds is 3. The van der Waals surface area contributed by atoms with Crippen molar-refractivity contribution in [1.82, 2.24) is 5.32 Å². The Balaban J connectivity index is 2.26. The molecule has 0 spiro atoms. The molecule has 1 atom stereocenters. The van der Waals surface area contributed by atoms with Crippen molar-refractivity contribution in [3.63, 3.8) is 0 Å². The average molecular weight is 192 g/mol. The summed E-state index contributed by atoms with van der Waals surface area (Å²) in [5.41, 5.74) is 0. The van der Waals surface area contributed by atoms with Crippen LogP contribution in [0.2, 0.25) is 0 Å². The number of nitrogens with one attached hydrogen (secondary N) is 1. The van der Waals surface area contributed by atoms with Crippen LogP contribution < -0.4 is 5.32 Å². The minimum absolute atomic E-state index is 0.00417. The maximum absolute atomic E-state index is 11.0. The molecule has 0 bridgehead atoms. The molecular formula is C7H10ClNOS. The van der Waals surface area contributed by atoms with E-state index in [9.17, 15) is 4.79 Å². The summed E-state index contributed by atoms with van der Waals surface area (Å²) in [5.74, 6) is 0.922. The van der Waals surface area contributed by atoms with E-state index in [2.05, 4.69) is 11.9 Å². The van der Waals surface area contributed by atoms with Crippen LogP contribution in [0.15, 0.2) is 11.6 Å². The highest BCUT2D eigenvalue weighted by molar-refractivity contribution is 8.14. The van der Waals surface area contributed by atoms with Gasteiger partial charge in [0.15, 0.2) is 0 Å². The van der Waals surface area contributed by atoms with Gasteiger partial charge in [-0.25, -0.2) is 0 Å². The number of thioether (sulfide) groups is 1. The lowest BCUT2D eigenvalue weighted by molar-refractivity contribution is -0.112. The number of halogens is 1. The van der Waals surface area contributed by atoms with Crippen molar-refractivity contribution in [1.29, 1.82) is 0 Å². The summed E-state index contributed by atoms with van der Waals surface area (Å²) in [4.78, 5) is 11.0. The third kappa shape index (κ3) is 2.85. The normalized spacial score (nSPS) is 24.1. The first-order chi connectivity index (χ1) is 5.20. The smallest absolute Gasteiger partial charge is 0.205 e. The van der Waals surface area contributed by atoms with E-state index in [0.29, 0.717) is 11.6 Å². The van der Waals surface area contributed by atoms with Crippen LogP contribution in [0.1, 0.15) is 6.42 Å². The highest BCUT2D eigenvalue weighted by Gasteiger charge is 2.24. The van der Waals surface area contributed by atoms with Crippen LogP contribution >= 0.6 is 23.4 Å². The van der Waals surface area contributed by atoms with E-state index < -0.39 is 0 Å². The molecule has 1 aliphatic heterocycles. The first-order valence-corrected chi connectivity index (χ1v) is 4.80. The molecule has 0 radical (unpaired) electrons. The van der Waals surface area contributed by atoms with Crippen molar-refractivity contribution >= 4 is 28.5 Å². The molecule has 2 nitrogen and oxygen atoms in total. The minimum atomic E-state index is -0.00417. The zero-order chi connectivity index (χ0) is 8.27. The molecule has 0 amide bonds. The Morgan fingerprint density at radius 1 is 1.91 bits per heavy atom. The molecule has 0 saturated carbocycles. The molecule has 1 saturated heterocycles. The Labute approximate surface area is 75.4 Å². The Morgan fingerprint density at radius 2 is 2.64 bits per heavy atom. The summed E-state index contributed by atoms with van der Waals surface area (Å²) in [6, 6.07) is -0.00417. The van der Waals surface area contributed by atoms with Crippen molar-refractivity contribution in [2.45, 2.75) is 12.5 Å². The third-order valence-corrected chi connectivity index (χ3v) is 2.62. The SMILES string of the molecule is C=C(Cl)CNC1CCSC1=O. The summed E-state index contributed by atoms with van der Waals surface area (Å²) in [5, 5.41) is 3.80. The molecule has 1 unspecified atom stereocenters. The number of hydrogen-bond acceptors (Lipinski definition) is 3. The molecule has 4 heteroatoms. The van der Waals surface area contributed by atoms with Crippen LogP contribution in [0.25, 0.3) is 0 Å². The number of hydrogen-bond donors (Lipinski definition) is 1. The van der Waals surface area contributed by atoms with E-state index >= 15 is 0 Å². The Bertz CT molecular complexity index is 183. The van der Waals surface area contributed by atoms with E-state index in [1.165, 1.54) is 11.8 Å². The van der Waals surface area contributed by atoms with Crippen LogP contribution in [0, 0.1) is 0 Å². The second-order valence-electron chi connectivity index (χ2n) is 2.41. The molecule has 1 N–H and O–H groups in total. The van der Waals surface area contributed by atoms with Gasteiger partial charge in [0, 0.05) is 17.3 Å². The maximum Gasteiger partial charge on any atom is 0.205 e. The standard InChI is InChI=1S/C7H10ClNOS/c1-5(8)4-9-6-2-3-11-7(6)10/h6,9H,1-4H2. The van der Waals surface area contributed by atoms with Gasteiger partial charge >= 0.3 is 0 Å². The van der Waals surface area contributed by atoms with Gasteiger partial charge < -0.3 is 5.32 Å². The largest absolute Gasteiger partial charge is 0.302 e. The van der Waals surface area contributed by atoms with Crippen LogP contribution in [-0.4, -0.2) is 23.5 Å². The first kappa shape index (κ1) is 9.10. The molecule has 11 heavy (non-hydrogen) atoms. The molecule has 0 aromatic carbocycles. The Morgan fingerprint density at radius 3 is 3.09 bits per heavy atom. The van der Waals surface area contributed by atoms with Crippen LogP contribution in [0.5, 0.6) is 0 Å². The predicted octanol–water partition coefficient (Wildman–Crippen LogP) is 1.36. The van der Waals surface area contributed by atoms with Gasteiger partial charge in [-0.05, 0) is 6.42 Å². The van der Waals surface area contributed by atoms with Gasteiger partial charge in [-0.15, -0.1) is 0 Å². The molecule has 1 fully saturated rings. The van der Waals surface area contributed by atoms with E-state index in [0.717, 1.165) is 12.2 Å². The van der Waals surface area contributed by atoms with Gasteiger partial charge in [-0.3, -0.25) is 4.79 Å². The fraction of sp³-hybridized carbons (Fsp3) is 0.571. The highest BCUT2D eigenvalue weighted by atomic mass is 35.5. The lowest BCUT2D eigenvalue weighted by Gasteiger charge is -2.07. The minimum Gasteiger partial charge on any atom is -0.302 e. The predicted molar refractivity (Wildman–Crippen MR) is 48.9 cm³/mol. The lowest BCUT2D eigenvalue weighted by atomic mass is 10.2. The molecule has 1 heterocycles. The van der Waals surface area contributed by atoms with Gasteiger partial charge in [0.2, 0.25) is 5.12 Å². The van der Waals surface area contributed by atoms with Gasteiger partial charge in [0.25, 0.3) is 0 Å². The highest BCUT2D eigenvalue weighted by Crippen LogP contribution is 2.19. The topological polar surface area (TPSA) is 29.1 Å². The van der Waals surface area contributed by atoms with Crippen molar-refractivity contribution in [3.8, 4) is 0 Å². The zero-order valence-corrected chi connectivity index (χ0v) is 7.67. The van der Waals surface area contributed by atoms with Gasteiger partial charge in [0.1, 0.15) is 0 Å². The van der Waals surface area contributed by atoms with E-state index in [-0.39, 0.29) is 11.2 Å². The third-order valence-electron chi connectivity index (χ3n) is 1.48. The van der Waals surface area contributed by atoms with Crippen molar-refractivity contribution in [2.75, 3.05) is 12.3 Å². The zero-order valence-electron chi connectivity index (χ0n) is 6.10. The van der Waals surface area contributed by atoms with Gasteiger partial charge in [-0.2, -0.15) is 0 Å². The average Bonchev–Trinajstić information content (AvgIpc) is 2.31. The maximum atomic E-state index is 11.0. The van der Waals surface area contributed by atoms with Gasteiger partial charge in [0.05, 0.1) is 6.04 Å². The fourth-order valence-electron chi connectivity index (χ4n) is 0.915. The monoisotopic (exact) mass is 191 g/mol. The summed E-state index contributed by atoms with van der Waals surface area (Å²) in [6.07, 6.45) is 0.910. The van der Waals surface area contributed by atoms with Crippen LogP contribution in [-0.2, 0) is 4.79 Å². The molecule has 1 aliphatic rings. The Hall–Kier alpha value is 0.01000. The quantitative estimate of drug-likeness (QED) is 0.731. The summed E-state index contributed by atoms with van der Waals surface area (Å²) in [6.45, 7) is 4.05. The van der Waals surface area contributed by atoms with E-state index in [4.69, 9.17) is 11.6 Å². The summed E-state index contributed by atoms with van der Waals surface area (Å²) in [7, 11) is 0. The summed E-state index contributed by atoms with van der Waals surface area (Å²) < 4.78 is 0. The fourth-order valence-corrected chi connectivity index (χ4v) is 1.95. The van der Waals surface area contributed by atoms with E-state index in [1.54, 1.807) is 0 Å². The number of carbonyl (C=O) groups is 1. The lowest BCUT2D eigenvalue weighted by Crippen LogP contribution is -2.32. The summed E-state index contributed by atoms with van der Waals surface area (Å²) >= 11 is 6.91. The van der Waals surface area contributed by atoms with Crippen molar-refractivity contribution in [2.24, 2.45) is 0 Å². The second kappa shape index (κ2) is 4.14. The Kier molecular flexibility index (Phi) is 3.43. The second-order valence-corrected chi connectivity index (χ2v) is 4.04. The molecule has 0 aromatic rings. The molecule has 0 aliphatic carbocycles. The molecule has 62 valence electrons. The molecule has 1 rings (SSSR count). The van der Waals surface area contributed by atoms with E-state index in [1.807, 2.05) is 0 Å². The first-order valence-electron chi connectivity index (χ1n) is 3.43. The van der Waals surface area contributed by atoms with Crippen molar-refractivity contribution in [3.05, 3.63) is 11.6 Å². The molecule has 0 aromatic heterocycles. The van der Waals surface area contributed by atoms with Crippen LogP contribution in [0.3, 0.4) is 0 Å². The number of carbonyl (C=O) groups excluding carboxylic acids is 1.